The van der Waals surface area contributed by atoms with Crippen molar-refractivity contribution in [2.24, 2.45) is 4.40 Å². The van der Waals surface area contributed by atoms with Gasteiger partial charge in [-0.2, -0.15) is 8.42 Å². The highest BCUT2D eigenvalue weighted by atomic mass is 32.2. The lowest BCUT2D eigenvalue weighted by atomic mass is 10.1. The summed E-state index contributed by atoms with van der Waals surface area (Å²) in [6.45, 7) is 4.57. The number of carbonyl (C=O) groups excluding carboxylic acids is 1. The number of hydrogen-bond acceptors (Lipinski definition) is 5. The van der Waals surface area contributed by atoms with Crippen LogP contribution in [0.5, 0.6) is 0 Å². The molecule has 0 saturated carbocycles. The zero-order valence-corrected chi connectivity index (χ0v) is 17.1. The van der Waals surface area contributed by atoms with Gasteiger partial charge in [0, 0.05) is 38.4 Å². The van der Waals surface area contributed by atoms with Crippen LogP contribution >= 0.6 is 0 Å². The lowest BCUT2D eigenvalue weighted by Gasteiger charge is -2.25. The van der Waals surface area contributed by atoms with Crippen LogP contribution < -0.4 is 0 Å². The minimum Gasteiger partial charge on any atom is -0.368 e. The monoisotopic (exact) mass is 421 g/mol. The Labute approximate surface area is 169 Å². The Kier molecular flexibility index (Phi) is 5.44. The molecule has 0 unspecified atom stereocenters. The third kappa shape index (κ3) is 3.93. The lowest BCUT2D eigenvalue weighted by Crippen LogP contribution is -2.41. The summed E-state index contributed by atoms with van der Waals surface area (Å²) in [7, 11) is -3.85. The number of sulfonamides is 1. The summed E-state index contributed by atoms with van der Waals surface area (Å²) in [5, 5.41) is 0. The SMILES string of the molecule is CC1=C(c2ccc(F)cc2)S(=O)(=O)N=C1N1CCCN(C(=O)[C@@H]2CCCO2)CC1. The minimum atomic E-state index is -3.85. The van der Waals surface area contributed by atoms with Gasteiger partial charge in [-0.1, -0.05) is 12.1 Å². The van der Waals surface area contributed by atoms with E-state index < -0.39 is 15.8 Å². The van der Waals surface area contributed by atoms with Crippen molar-refractivity contribution in [1.82, 2.24) is 9.80 Å². The number of benzene rings is 1. The predicted molar refractivity (Wildman–Crippen MR) is 107 cm³/mol. The molecular weight excluding hydrogens is 397 g/mol. The zero-order chi connectivity index (χ0) is 20.6. The second-order valence-electron chi connectivity index (χ2n) is 7.52. The summed E-state index contributed by atoms with van der Waals surface area (Å²) in [5.74, 6) is 0.00685. The van der Waals surface area contributed by atoms with Gasteiger partial charge in [0.1, 0.15) is 22.7 Å². The number of hydrogen-bond donors (Lipinski definition) is 0. The summed E-state index contributed by atoms with van der Waals surface area (Å²) >= 11 is 0. The van der Waals surface area contributed by atoms with Gasteiger partial charge in [0.2, 0.25) is 0 Å². The maximum Gasteiger partial charge on any atom is 0.285 e. The first-order chi connectivity index (χ1) is 13.9. The highest BCUT2D eigenvalue weighted by Crippen LogP contribution is 2.34. The maximum atomic E-state index is 13.2. The third-order valence-corrected chi connectivity index (χ3v) is 7.03. The van der Waals surface area contributed by atoms with Gasteiger partial charge in [-0.05, 0) is 43.9 Å². The second-order valence-corrected chi connectivity index (χ2v) is 9.06. The van der Waals surface area contributed by atoms with Crippen LogP contribution in [-0.4, -0.2) is 68.9 Å². The fourth-order valence-corrected chi connectivity index (χ4v) is 5.59. The number of ether oxygens (including phenoxy) is 1. The van der Waals surface area contributed by atoms with Gasteiger partial charge in [0.15, 0.2) is 0 Å². The van der Waals surface area contributed by atoms with E-state index in [-0.39, 0.29) is 16.9 Å². The van der Waals surface area contributed by atoms with E-state index in [0.717, 1.165) is 19.3 Å². The van der Waals surface area contributed by atoms with Crippen LogP contribution in [0.4, 0.5) is 4.39 Å². The molecule has 1 amide bonds. The number of amidine groups is 1. The van der Waals surface area contributed by atoms with Crippen LogP contribution in [0.25, 0.3) is 4.91 Å². The van der Waals surface area contributed by atoms with Gasteiger partial charge < -0.3 is 14.5 Å². The molecule has 0 spiro atoms. The highest BCUT2D eigenvalue weighted by Gasteiger charge is 2.35. The van der Waals surface area contributed by atoms with Crippen LogP contribution in [0.2, 0.25) is 0 Å². The van der Waals surface area contributed by atoms with Crippen molar-refractivity contribution in [2.45, 2.75) is 32.3 Å². The summed E-state index contributed by atoms with van der Waals surface area (Å²) in [4.78, 5) is 16.5. The maximum absolute atomic E-state index is 13.2. The Morgan fingerprint density at radius 1 is 1.14 bits per heavy atom. The average molecular weight is 421 g/mol. The second kappa shape index (κ2) is 7.87. The van der Waals surface area contributed by atoms with E-state index in [1.807, 2.05) is 4.90 Å². The molecule has 1 aromatic carbocycles. The molecule has 3 heterocycles. The Balaban J connectivity index is 1.53. The molecule has 29 heavy (non-hydrogen) atoms. The minimum absolute atomic E-state index is 0.0181. The van der Waals surface area contributed by atoms with Crippen molar-refractivity contribution in [3.63, 3.8) is 0 Å². The molecule has 9 heteroatoms. The first-order valence-corrected chi connectivity index (χ1v) is 11.3. The van der Waals surface area contributed by atoms with Crippen LogP contribution in [0.1, 0.15) is 31.7 Å². The molecule has 0 aromatic heterocycles. The number of carbonyl (C=O) groups is 1. The van der Waals surface area contributed by atoms with Crippen LogP contribution in [-0.2, 0) is 19.6 Å². The largest absolute Gasteiger partial charge is 0.368 e. The molecular formula is C20H24FN3O4S. The topological polar surface area (TPSA) is 79.3 Å². The Morgan fingerprint density at radius 2 is 1.90 bits per heavy atom. The van der Waals surface area contributed by atoms with Gasteiger partial charge in [0.25, 0.3) is 15.9 Å². The van der Waals surface area contributed by atoms with E-state index in [4.69, 9.17) is 4.74 Å². The van der Waals surface area contributed by atoms with E-state index in [2.05, 4.69) is 4.40 Å². The highest BCUT2D eigenvalue weighted by molar-refractivity contribution is 8.00. The Morgan fingerprint density at radius 3 is 2.59 bits per heavy atom. The van der Waals surface area contributed by atoms with E-state index in [0.29, 0.717) is 49.8 Å². The van der Waals surface area contributed by atoms with E-state index in [9.17, 15) is 17.6 Å². The van der Waals surface area contributed by atoms with Gasteiger partial charge in [-0.15, -0.1) is 4.40 Å². The molecule has 0 bridgehead atoms. The summed E-state index contributed by atoms with van der Waals surface area (Å²) in [6.07, 6.45) is 2.03. The molecule has 7 nitrogen and oxygen atoms in total. The standard InChI is InChI=1S/C20H24FN3O4S/c1-14-18(15-5-7-16(21)8-6-15)29(26,27)22-19(14)23-9-3-10-24(12-11-23)20(25)17-4-2-13-28-17/h5-8,17H,2-4,9-13H2,1H3/t17-/m0/s1. The fraction of sp³-hybridized carbons (Fsp3) is 0.500. The van der Waals surface area contributed by atoms with E-state index >= 15 is 0 Å². The molecule has 4 rings (SSSR count). The van der Waals surface area contributed by atoms with Crippen molar-refractivity contribution in [3.05, 3.63) is 41.2 Å². The van der Waals surface area contributed by atoms with Crippen molar-refractivity contribution in [3.8, 4) is 0 Å². The smallest absolute Gasteiger partial charge is 0.285 e. The molecule has 1 aromatic rings. The first kappa shape index (κ1) is 20.0. The molecule has 2 fully saturated rings. The Hall–Kier alpha value is -2.26. The van der Waals surface area contributed by atoms with Gasteiger partial charge >= 0.3 is 0 Å². The first-order valence-electron chi connectivity index (χ1n) is 9.84. The predicted octanol–water partition coefficient (Wildman–Crippen LogP) is 2.01. The van der Waals surface area contributed by atoms with Crippen molar-refractivity contribution in [2.75, 3.05) is 32.8 Å². The van der Waals surface area contributed by atoms with E-state index in [1.165, 1.54) is 24.3 Å². The molecule has 3 aliphatic heterocycles. The van der Waals surface area contributed by atoms with Crippen molar-refractivity contribution < 1.29 is 22.3 Å². The van der Waals surface area contributed by atoms with Crippen molar-refractivity contribution in [1.29, 1.82) is 0 Å². The van der Waals surface area contributed by atoms with Gasteiger partial charge in [-0.25, -0.2) is 4.39 Å². The molecule has 0 radical (unpaired) electrons. The summed E-state index contributed by atoms with van der Waals surface area (Å²) in [5.41, 5.74) is 0.975. The summed E-state index contributed by atoms with van der Waals surface area (Å²) in [6, 6.07) is 5.39. The van der Waals surface area contributed by atoms with Gasteiger partial charge in [0.05, 0.1) is 0 Å². The normalized spacial score (nSPS) is 24.6. The van der Waals surface area contributed by atoms with E-state index in [1.54, 1.807) is 11.8 Å². The molecule has 2 saturated heterocycles. The molecule has 3 aliphatic rings. The average Bonchev–Trinajstić information content (AvgIpc) is 3.21. The van der Waals surface area contributed by atoms with Crippen molar-refractivity contribution >= 4 is 26.7 Å². The molecule has 0 aliphatic carbocycles. The lowest BCUT2D eigenvalue weighted by molar-refractivity contribution is -0.140. The number of rotatable bonds is 2. The Bertz CT molecular complexity index is 966. The zero-order valence-electron chi connectivity index (χ0n) is 16.3. The summed E-state index contributed by atoms with van der Waals surface area (Å²) < 4.78 is 48.2. The molecule has 1 atom stereocenters. The third-order valence-electron chi connectivity index (χ3n) is 5.56. The number of halogens is 1. The molecule has 0 N–H and O–H groups in total. The quantitative estimate of drug-likeness (QED) is 0.730. The fourth-order valence-electron chi connectivity index (χ4n) is 4.11. The number of amides is 1. The molecule has 156 valence electrons. The van der Waals surface area contributed by atoms with Gasteiger partial charge in [-0.3, -0.25) is 4.79 Å². The van der Waals surface area contributed by atoms with Crippen LogP contribution in [0, 0.1) is 5.82 Å². The number of nitrogens with zero attached hydrogens (tertiary/aromatic N) is 3. The van der Waals surface area contributed by atoms with Crippen LogP contribution in [0.3, 0.4) is 0 Å². The van der Waals surface area contributed by atoms with Crippen LogP contribution in [0.15, 0.2) is 34.2 Å².